The molecule has 4 nitrogen and oxygen atoms in total. The molecule has 1 atom stereocenters. The van der Waals surface area contributed by atoms with Gasteiger partial charge in [0.05, 0.1) is 11.2 Å². The third-order valence-electron chi connectivity index (χ3n) is 2.32. The lowest BCUT2D eigenvalue weighted by molar-refractivity contribution is -0.157. The Morgan fingerprint density at radius 2 is 2.38 bits per heavy atom. The summed E-state index contributed by atoms with van der Waals surface area (Å²) >= 11 is 1.63. The Bertz CT molecular complexity index is 395. The Balaban J connectivity index is 2.01. The molecule has 1 aromatic heterocycles. The van der Waals surface area contributed by atoms with Crippen LogP contribution in [0.3, 0.4) is 0 Å². The van der Waals surface area contributed by atoms with Crippen molar-refractivity contribution in [2.75, 3.05) is 0 Å². The maximum atomic E-state index is 11.8. The van der Waals surface area contributed by atoms with Crippen LogP contribution in [-0.2, 0) is 22.5 Å². The van der Waals surface area contributed by atoms with Crippen LogP contribution in [0.5, 0.6) is 0 Å². The summed E-state index contributed by atoms with van der Waals surface area (Å²) in [6.07, 6.45) is 0.633. The molecule has 0 aromatic carbocycles. The minimum Gasteiger partial charge on any atom is -0.459 e. The fourth-order valence-corrected chi connectivity index (χ4v) is 2.37. The first-order chi connectivity index (χ1) is 7.46. The molecule has 2 rings (SSSR count). The summed E-state index contributed by atoms with van der Waals surface area (Å²) in [6, 6.07) is -0.256. The highest BCUT2D eigenvalue weighted by atomic mass is 32.1. The molecule has 5 heteroatoms. The fourth-order valence-electron chi connectivity index (χ4n) is 1.62. The average Bonchev–Trinajstić information content (AvgIpc) is 2.61. The van der Waals surface area contributed by atoms with Gasteiger partial charge in [-0.05, 0) is 20.8 Å². The third-order valence-corrected chi connectivity index (χ3v) is 3.20. The van der Waals surface area contributed by atoms with Crippen LogP contribution in [0.15, 0.2) is 5.51 Å². The highest BCUT2D eigenvalue weighted by molar-refractivity contribution is 7.09. The minimum atomic E-state index is -0.429. The molecular weight excluding hydrogens is 224 g/mol. The largest absolute Gasteiger partial charge is 0.459 e. The smallest absolute Gasteiger partial charge is 0.324 e. The van der Waals surface area contributed by atoms with Gasteiger partial charge in [-0.3, -0.25) is 10.1 Å². The Kier molecular flexibility index (Phi) is 2.99. The summed E-state index contributed by atoms with van der Waals surface area (Å²) in [5.74, 6) is -0.189. The summed E-state index contributed by atoms with van der Waals surface area (Å²) in [5.41, 5.74) is 2.42. The van der Waals surface area contributed by atoms with E-state index in [-0.39, 0.29) is 12.0 Å². The van der Waals surface area contributed by atoms with Crippen molar-refractivity contribution in [3.8, 4) is 0 Å². The molecule has 0 radical (unpaired) electrons. The van der Waals surface area contributed by atoms with Gasteiger partial charge in [-0.15, -0.1) is 11.3 Å². The van der Waals surface area contributed by atoms with Gasteiger partial charge in [0.15, 0.2) is 0 Å². The summed E-state index contributed by atoms with van der Waals surface area (Å²) in [6.45, 7) is 6.34. The first-order valence-electron chi connectivity index (χ1n) is 5.33. The van der Waals surface area contributed by atoms with Gasteiger partial charge in [-0.1, -0.05) is 0 Å². The molecule has 88 valence electrons. The molecule has 1 aromatic rings. The standard InChI is InChI=1S/C11H16N2O2S/c1-11(2,3)15-10(14)8-4-7-9(5-12-8)16-6-13-7/h6,8,12H,4-5H2,1-3H3/t8-/m1/s1. The second kappa shape index (κ2) is 4.14. The van der Waals surface area contributed by atoms with E-state index in [1.54, 1.807) is 11.3 Å². The number of nitrogens with zero attached hydrogens (tertiary/aromatic N) is 1. The van der Waals surface area contributed by atoms with E-state index in [1.807, 2.05) is 26.3 Å². The minimum absolute atomic E-state index is 0.189. The molecule has 1 aliphatic rings. The lowest BCUT2D eigenvalue weighted by Gasteiger charge is -2.26. The summed E-state index contributed by atoms with van der Waals surface area (Å²) in [4.78, 5) is 17.3. The first kappa shape index (κ1) is 11.5. The summed E-state index contributed by atoms with van der Waals surface area (Å²) in [5, 5.41) is 3.18. The zero-order valence-corrected chi connectivity index (χ0v) is 10.6. The van der Waals surface area contributed by atoms with E-state index in [1.165, 1.54) is 4.88 Å². The maximum Gasteiger partial charge on any atom is 0.324 e. The van der Waals surface area contributed by atoms with Crippen molar-refractivity contribution in [3.63, 3.8) is 0 Å². The second-order valence-electron chi connectivity index (χ2n) is 4.89. The van der Waals surface area contributed by atoms with Crippen LogP contribution in [0.4, 0.5) is 0 Å². The molecule has 0 bridgehead atoms. The van der Waals surface area contributed by atoms with E-state index in [2.05, 4.69) is 10.3 Å². The Morgan fingerprint density at radius 3 is 3.06 bits per heavy atom. The topological polar surface area (TPSA) is 51.2 Å². The van der Waals surface area contributed by atoms with Crippen molar-refractivity contribution in [2.24, 2.45) is 0 Å². The van der Waals surface area contributed by atoms with Crippen molar-refractivity contribution in [1.29, 1.82) is 0 Å². The average molecular weight is 240 g/mol. The molecule has 16 heavy (non-hydrogen) atoms. The van der Waals surface area contributed by atoms with Gasteiger partial charge >= 0.3 is 5.97 Å². The third kappa shape index (κ3) is 2.59. The highest BCUT2D eigenvalue weighted by Crippen LogP contribution is 2.20. The zero-order chi connectivity index (χ0) is 11.8. The van der Waals surface area contributed by atoms with Crippen LogP contribution in [0.25, 0.3) is 0 Å². The van der Waals surface area contributed by atoms with Crippen LogP contribution in [0.2, 0.25) is 0 Å². The van der Waals surface area contributed by atoms with Crippen molar-refractivity contribution in [2.45, 2.75) is 45.4 Å². The van der Waals surface area contributed by atoms with Gasteiger partial charge in [-0.25, -0.2) is 4.98 Å². The number of rotatable bonds is 1. The van der Waals surface area contributed by atoms with E-state index < -0.39 is 5.60 Å². The molecule has 1 aliphatic heterocycles. The van der Waals surface area contributed by atoms with Gasteiger partial charge in [0.25, 0.3) is 0 Å². The van der Waals surface area contributed by atoms with Gasteiger partial charge in [-0.2, -0.15) is 0 Å². The number of fused-ring (bicyclic) bond motifs is 1. The SMILES string of the molecule is CC(C)(C)OC(=O)[C@H]1Cc2ncsc2CN1. The second-order valence-corrected chi connectivity index (χ2v) is 5.83. The Hall–Kier alpha value is -0.940. The van der Waals surface area contributed by atoms with Crippen molar-refractivity contribution in [3.05, 3.63) is 16.1 Å². The molecule has 2 heterocycles. The molecule has 0 fully saturated rings. The molecule has 0 saturated carbocycles. The number of esters is 1. The molecule has 0 amide bonds. The van der Waals surface area contributed by atoms with Gasteiger partial charge in [0.1, 0.15) is 11.6 Å². The van der Waals surface area contributed by atoms with Crippen LogP contribution >= 0.6 is 11.3 Å². The van der Waals surface area contributed by atoms with Crippen molar-refractivity contribution < 1.29 is 9.53 Å². The number of ether oxygens (including phenoxy) is 1. The van der Waals surface area contributed by atoms with Gasteiger partial charge in [0, 0.05) is 17.8 Å². The van der Waals surface area contributed by atoms with E-state index in [0.717, 1.165) is 5.69 Å². The number of carbonyl (C=O) groups is 1. The summed E-state index contributed by atoms with van der Waals surface area (Å²) < 4.78 is 5.34. The van der Waals surface area contributed by atoms with E-state index in [9.17, 15) is 4.79 Å². The Morgan fingerprint density at radius 1 is 1.62 bits per heavy atom. The molecule has 1 N–H and O–H groups in total. The number of aromatic nitrogens is 1. The van der Waals surface area contributed by atoms with E-state index in [4.69, 9.17) is 4.74 Å². The lowest BCUT2D eigenvalue weighted by Crippen LogP contribution is -2.44. The van der Waals surface area contributed by atoms with Crippen LogP contribution in [-0.4, -0.2) is 22.6 Å². The number of nitrogens with one attached hydrogen (secondary N) is 1. The number of thiazole rings is 1. The molecule has 0 aliphatic carbocycles. The predicted molar refractivity (Wildman–Crippen MR) is 62.3 cm³/mol. The molecule has 0 unspecified atom stereocenters. The van der Waals surface area contributed by atoms with Gasteiger partial charge < -0.3 is 4.74 Å². The fraction of sp³-hybridized carbons (Fsp3) is 0.636. The first-order valence-corrected chi connectivity index (χ1v) is 6.21. The maximum absolute atomic E-state index is 11.8. The van der Waals surface area contributed by atoms with Gasteiger partial charge in [0.2, 0.25) is 0 Å². The predicted octanol–water partition coefficient (Wildman–Crippen LogP) is 1.50. The van der Waals surface area contributed by atoms with E-state index >= 15 is 0 Å². The highest BCUT2D eigenvalue weighted by Gasteiger charge is 2.29. The quantitative estimate of drug-likeness (QED) is 0.756. The number of hydrogen-bond donors (Lipinski definition) is 1. The molecule has 0 spiro atoms. The monoisotopic (exact) mass is 240 g/mol. The number of carbonyl (C=O) groups excluding carboxylic acids is 1. The molecule has 0 saturated heterocycles. The number of hydrogen-bond acceptors (Lipinski definition) is 5. The summed E-state index contributed by atoms with van der Waals surface area (Å²) in [7, 11) is 0. The van der Waals surface area contributed by atoms with Crippen molar-refractivity contribution in [1.82, 2.24) is 10.3 Å². The molecular formula is C11H16N2O2S. The zero-order valence-electron chi connectivity index (χ0n) is 9.74. The van der Waals surface area contributed by atoms with Crippen LogP contribution < -0.4 is 5.32 Å². The Labute approximate surface area is 99.0 Å². The van der Waals surface area contributed by atoms with Crippen LogP contribution in [0, 0.1) is 0 Å². The van der Waals surface area contributed by atoms with Crippen molar-refractivity contribution >= 4 is 17.3 Å². The lowest BCUT2D eigenvalue weighted by atomic mass is 10.1. The normalized spacial score (nSPS) is 20.3. The van der Waals surface area contributed by atoms with Crippen LogP contribution in [0.1, 0.15) is 31.3 Å². The van der Waals surface area contributed by atoms with E-state index in [0.29, 0.717) is 13.0 Å².